The van der Waals surface area contributed by atoms with Crippen LogP contribution < -0.4 is 5.32 Å². The fourth-order valence-electron chi connectivity index (χ4n) is 2.68. The molecule has 3 aromatic rings. The van der Waals surface area contributed by atoms with E-state index < -0.39 is 0 Å². The minimum Gasteiger partial charge on any atom is -0.469 e. The molecule has 1 amide bonds. The van der Waals surface area contributed by atoms with Crippen molar-refractivity contribution in [2.75, 3.05) is 5.32 Å². The van der Waals surface area contributed by atoms with Crippen LogP contribution in [0.15, 0.2) is 46.2 Å². The number of hydrogen-bond donors (Lipinski definition) is 1. The van der Waals surface area contributed by atoms with E-state index >= 15 is 0 Å². The van der Waals surface area contributed by atoms with Crippen LogP contribution in [0.4, 0.5) is 5.69 Å². The Labute approximate surface area is 163 Å². The quantitative estimate of drug-likeness (QED) is 0.628. The van der Waals surface area contributed by atoms with Crippen molar-refractivity contribution in [3.05, 3.63) is 47.9 Å². The maximum Gasteiger partial charge on any atom is 0.237 e. The highest BCUT2D eigenvalue weighted by Crippen LogP contribution is 2.28. The van der Waals surface area contributed by atoms with Gasteiger partial charge < -0.3 is 14.3 Å². The molecule has 0 spiro atoms. The van der Waals surface area contributed by atoms with Gasteiger partial charge in [0.2, 0.25) is 5.91 Å². The lowest BCUT2D eigenvalue weighted by molar-refractivity contribution is -0.115. The van der Waals surface area contributed by atoms with Crippen LogP contribution in [0, 0.1) is 6.92 Å². The van der Waals surface area contributed by atoms with E-state index in [-0.39, 0.29) is 11.2 Å². The first-order valence-electron chi connectivity index (χ1n) is 8.88. The molecule has 27 heavy (non-hydrogen) atoms. The van der Waals surface area contributed by atoms with Crippen LogP contribution in [0.3, 0.4) is 0 Å². The van der Waals surface area contributed by atoms with Gasteiger partial charge in [0.15, 0.2) is 11.0 Å². The molecule has 0 aliphatic rings. The van der Waals surface area contributed by atoms with Crippen molar-refractivity contribution in [3.8, 4) is 11.4 Å². The Hall–Kier alpha value is -2.54. The standard InChI is InChI=1S/C20H24N4O2S/c1-12(2)15-6-8-16(9-7-15)21-19(25)14(4)27-20-23-22-18(24(20)5)17-10-11-26-13(17)3/h6-12,14H,1-5H3,(H,21,25)/t14-/m0/s1. The van der Waals surface area contributed by atoms with Gasteiger partial charge in [-0.15, -0.1) is 10.2 Å². The Morgan fingerprint density at radius 3 is 2.44 bits per heavy atom. The summed E-state index contributed by atoms with van der Waals surface area (Å²) in [4.78, 5) is 12.5. The maximum absolute atomic E-state index is 12.5. The highest BCUT2D eigenvalue weighted by molar-refractivity contribution is 8.00. The SMILES string of the molecule is Cc1occc1-c1nnc(S[C@@H](C)C(=O)Nc2ccc(C(C)C)cc2)n1C. The average Bonchev–Trinajstić information content (AvgIpc) is 3.21. The lowest BCUT2D eigenvalue weighted by atomic mass is 10.0. The lowest BCUT2D eigenvalue weighted by Crippen LogP contribution is -2.22. The molecule has 3 rings (SSSR count). The number of nitrogens with zero attached hydrogens (tertiary/aromatic N) is 3. The summed E-state index contributed by atoms with van der Waals surface area (Å²) in [5.74, 6) is 1.91. The van der Waals surface area contributed by atoms with E-state index in [4.69, 9.17) is 4.42 Å². The van der Waals surface area contributed by atoms with E-state index in [9.17, 15) is 4.79 Å². The molecule has 142 valence electrons. The molecule has 1 atom stereocenters. The number of anilines is 1. The van der Waals surface area contributed by atoms with Crippen LogP contribution in [0.25, 0.3) is 11.4 Å². The maximum atomic E-state index is 12.5. The number of amides is 1. The van der Waals surface area contributed by atoms with Crippen molar-refractivity contribution in [2.24, 2.45) is 7.05 Å². The number of rotatable bonds is 6. The van der Waals surface area contributed by atoms with Gasteiger partial charge in [-0.3, -0.25) is 4.79 Å². The normalized spacial score (nSPS) is 12.4. The Bertz CT molecular complexity index is 928. The van der Waals surface area contributed by atoms with Crippen molar-refractivity contribution in [1.29, 1.82) is 0 Å². The molecule has 1 aromatic carbocycles. The summed E-state index contributed by atoms with van der Waals surface area (Å²) in [5, 5.41) is 11.8. The van der Waals surface area contributed by atoms with E-state index in [1.807, 2.05) is 55.8 Å². The first-order chi connectivity index (χ1) is 12.9. The fourth-order valence-corrected chi connectivity index (χ4v) is 3.49. The average molecular weight is 385 g/mol. The molecule has 2 aromatic heterocycles. The highest BCUT2D eigenvalue weighted by atomic mass is 32.2. The van der Waals surface area contributed by atoms with Gasteiger partial charge in [-0.25, -0.2) is 0 Å². The van der Waals surface area contributed by atoms with Gasteiger partial charge >= 0.3 is 0 Å². The molecule has 0 radical (unpaired) electrons. The number of nitrogens with one attached hydrogen (secondary N) is 1. The second-order valence-corrected chi connectivity index (χ2v) is 8.09. The molecule has 0 aliphatic carbocycles. The number of aryl methyl sites for hydroxylation is 1. The lowest BCUT2D eigenvalue weighted by Gasteiger charge is -2.12. The third-order valence-corrected chi connectivity index (χ3v) is 5.56. The molecule has 0 aliphatic heterocycles. The number of furan rings is 1. The number of carbonyl (C=O) groups excluding carboxylic acids is 1. The fraction of sp³-hybridized carbons (Fsp3) is 0.350. The first kappa shape index (κ1) is 19.2. The molecule has 0 fully saturated rings. The first-order valence-corrected chi connectivity index (χ1v) is 9.76. The van der Waals surface area contributed by atoms with Crippen molar-refractivity contribution in [2.45, 2.75) is 44.0 Å². The Morgan fingerprint density at radius 1 is 1.15 bits per heavy atom. The van der Waals surface area contributed by atoms with Gasteiger partial charge in [-0.2, -0.15) is 0 Å². The van der Waals surface area contributed by atoms with E-state index in [2.05, 4.69) is 29.4 Å². The van der Waals surface area contributed by atoms with Gasteiger partial charge in [-0.1, -0.05) is 37.7 Å². The molecule has 0 saturated carbocycles. The van der Waals surface area contributed by atoms with Crippen molar-refractivity contribution < 1.29 is 9.21 Å². The van der Waals surface area contributed by atoms with Crippen LogP contribution in [0.1, 0.15) is 38.0 Å². The van der Waals surface area contributed by atoms with E-state index in [0.29, 0.717) is 11.1 Å². The van der Waals surface area contributed by atoms with Crippen LogP contribution in [-0.4, -0.2) is 25.9 Å². The third-order valence-electron chi connectivity index (χ3n) is 4.43. The van der Waals surface area contributed by atoms with Gasteiger partial charge in [0, 0.05) is 12.7 Å². The molecule has 7 heteroatoms. The Balaban J connectivity index is 1.66. The number of thioether (sulfide) groups is 1. The van der Waals surface area contributed by atoms with Gasteiger partial charge in [0.05, 0.1) is 17.1 Å². The van der Waals surface area contributed by atoms with Crippen molar-refractivity contribution in [1.82, 2.24) is 14.8 Å². The minimum atomic E-state index is -0.309. The molecule has 0 bridgehead atoms. The second-order valence-electron chi connectivity index (χ2n) is 6.78. The van der Waals surface area contributed by atoms with Gasteiger partial charge in [-0.05, 0) is 43.5 Å². The summed E-state index contributed by atoms with van der Waals surface area (Å²) in [6.45, 7) is 8.04. The Morgan fingerprint density at radius 2 is 1.85 bits per heavy atom. The second kappa shape index (κ2) is 8.00. The summed E-state index contributed by atoms with van der Waals surface area (Å²) >= 11 is 1.38. The molecule has 2 heterocycles. The molecule has 0 saturated heterocycles. The summed E-state index contributed by atoms with van der Waals surface area (Å²) in [7, 11) is 1.89. The monoisotopic (exact) mass is 384 g/mol. The predicted molar refractivity (Wildman–Crippen MR) is 108 cm³/mol. The number of aromatic nitrogens is 3. The molecular weight excluding hydrogens is 360 g/mol. The van der Waals surface area contributed by atoms with E-state index in [1.165, 1.54) is 17.3 Å². The summed E-state index contributed by atoms with van der Waals surface area (Å²) in [5.41, 5.74) is 2.94. The third kappa shape index (κ3) is 4.24. The van der Waals surface area contributed by atoms with Crippen LogP contribution in [0.5, 0.6) is 0 Å². The smallest absolute Gasteiger partial charge is 0.237 e. The number of benzene rings is 1. The zero-order chi connectivity index (χ0) is 19.6. The zero-order valence-electron chi connectivity index (χ0n) is 16.2. The zero-order valence-corrected chi connectivity index (χ0v) is 17.0. The summed E-state index contributed by atoms with van der Waals surface area (Å²) in [6.07, 6.45) is 1.63. The van der Waals surface area contributed by atoms with Crippen LogP contribution >= 0.6 is 11.8 Å². The van der Waals surface area contributed by atoms with Crippen molar-refractivity contribution >= 4 is 23.4 Å². The van der Waals surface area contributed by atoms with Gasteiger partial charge in [0.1, 0.15) is 5.76 Å². The number of carbonyl (C=O) groups is 1. The van der Waals surface area contributed by atoms with Crippen LogP contribution in [0.2, 0.25) is 0 Å². The molecule has 1 N–H and O–H groups in total. The van der Waals surface area contributed by atoms with E-state index in [0.717, 1.165) is 22.8 Å². The minimum absolute atomic E-state index is 0.0682. The molecular formula is C20H24N4O2S. The topological polar surface area (TPSA) is 72.9 Å². The van der Waals surface area contributed by atoms with Crippen LogP contribution in [-0.2, 0) is 11.8 Å². The number of hydrogen-bond acceptors (Lipinski definition) is 5. The highest BCUT2D eigenvalue weighted by Gasteiger charge is 2.20. The predicted octanol–water partition coefficient (Wildman–Crippen LogP) is 4.63. The van der Waals surface area contributed by atoms with E-state index in [1.54, 1.807) is 6.26 Å². The molecule has 0 unspecified atom stereocenters. The van der Waals surface area contributed by atoms with Crippen molar-refractivity contribution in [3.63, 3.8) is 0 Å². The Kier molecular flexibility index (Phi) is 5.70. The summed E-state index contributed by atoms with van der Waals surface area (Å²) < 4.78 is 7.22. The van der Waals surface area contributed by atoms with Gasteiger partial charge in [0.25, 0.3) is 0 Å². The summed E-state index contributed by atoms with van der Waals surface area (Å²) in [6, 6.07) is 9.82. The largest absolute Gasteiger partial charge is 0.469 e. The molecule has 6 nitrogen and oxygen atoms in total.